The van der Waals surface area contributed by atoms with E-state index in [1.165, 1.54) is 12.1 Å². The van der Waals surface area contributed by atoms with E-state index in [1.54, 1.807) is 26.0 Å². The van der Waals surface area contributed by atoms with Gasteiger partial charge < -0.3 is 10.6 Å². The number of amides is 2. The third-order valence-corrected chi connectivity index (χ3v) is 4.33. The van der Waals surface area contributed by atoms with Crippen molar-refractivity contribution in [2.45, 2.75) is 24.8 Å². The molecular weight excluding hydrogens is 374 g/mol. The van der Waals surface area contributed by atoms with E-state index in [4.69, 9.17) is 0 Å². The molecule has 0 saturated carbocycles. The van der Waals surface area contributed by atoms with Crippen LogP contribution in [0.15, 0.2) is 47.4 Å². The summed E-state index contributed by atoms with van der Waals surface area (Å²) in [5.41, 5.74) is -0.543. The molecule has 0 unspecified atom stereocenters. The normalized spacial score (nSPS) is 10.6. The minimum Gasteiger partial charge on any atom is -0.352 e. The van der Waals surface area contributed by atoms with Crippen LogP contribution in [-0.4, -0.2) is 29.5 Å². The number of carbonyl (C=O) groups is 3. The average molecular weight is 392 g/mol. The fourth-order valence-electron chi connectivity index (χ4n) is 2.22. The summed E-state index contributed by atoms with van der Waals surface area (Å²) >= 11 is 0.545. The molecular formula is C19H18F2N2O3S. The van der Waals surface area contributed by atoms with Crippen molar-refractivity contribution in [3.05, 3.63) is 65.2 Å². The number of hydrogen-bond acceptors (Lipinski definition) is 4. The van der Waals surface area contributed by atoms with Crippen molar-refractivity contribution in [3.63, 3.8) is 0 Å². The van der Waals surface area contributed by atoms with Crippen LogP contribution in [0.1, 0.15) is 34.6 Å². The Morgan fingerprint density at radius 1 is 1.00 bits per heavy atom. The van der Waals surface area contributed by atoms with Gasteiger partial charge in [0.1, 0.15) is 17.2 Å². The second kappa shape index (κ2) is 9.27. The van der Waals surface area contributed by atoms with E-state index >= 15 is 0 Å². The largest absolute Gasteiger partial charge is 0.352 e. The van der Waals surface area contributed by atoms with Crippen molar-refractivity contribution in [1.82, 2.24) is 10.6 Å². The van der Waals surface area contributed by atoms with Gasteiger partial charge in [0.25, 0.3) is 5.91 Å². The molecule has 0 saturated heterocycles. The van der Waals surface area contributed by atoms with Crippen molar-refractivity contribution < 1.29 is 23.2 Å². The minimum absolute atomic E-state index is 0.0643. The Morgan fingerprint density at radius 2 is 1.63 bits per heavy atom. The van der Waals surface area contributed by atoms with Gasteiger partial charge in [-0.3, -0.25) is 14.4 Å². The highest BCUT2D eigenvalue weighted by Gasteiger charge is 2.21. The van der Waals surface area contributed by atoms with Crippen molar-refractivity contribution in [3.8, 4) is 0 Å². The van der Waals surface area contributed by atoms with Gasteiger partial charge in [0.2, 0.25) is 11.0 Å². The van der Waals surface area contributed by atoms with Crippen molar-refractivity contribution in [2.24, 2.45) is 0 Å². The lowest BCUT2D eigenvalue weighted by molar-refractivity contribution is -0.120. The lowest BCUT2D eigenvalue weighted by Crippen LogP contribution is -2.39. The summed E-state index contributed by atoms with van der Waals surface area (Å²) in [6.07, 6.45) is 0. The summed E-state index contributed by atoms with van der Waals surface area (Å²) in [6, 6.07) is 9.21. The lowest BCUT2D eigenvalue weighted by Gasteiger charge is -2.11. The maximum atomic E-state index is 13.8. The summed E-state index contributed by atoms with van der Waals surface area (Å²) in [6.45, 7) is 3.35. The van der Waals surface area contributed by atoms with Gasteiger partial charge in [0.05, 0.1) is 12.1 Å². The zero-order valence-electron chi connectivity index (χ0n) is 14.7. The monoisotopic (exact) mass is 392 g/mol. The van der Waals surface area contributed by atoms with Crippen molar-refractivity contribution in [2.75, 3.05) is 6.54 Å². The predicted molar refractivity (Wildman–Crippen MR) is 98.6 cm³/mol. The second-order valence-electron chi connectivity index (χ2n) is 5.89. The average Bonchev–Trinajstić information content (AvgIpc) is 2.59. The molecule has 0 aromatic heterocycles. The number of thioether (sulfide) groups is 1. The molecule has 0 aliphatic carbocycles. The molecule has 2 N–H and O–H groups in total. The molecule has 0 aliphatic heterocycles. The van der Waals surface area contributed by atoms with Crippen LogP contribution in [0.2, 0.25) is 0 Å². The first-order chi connectivity index (χ1) is 12.8. The number of carbonyl (C=O) groups excluding carboxylic acids is 3. The fraction of sp³-hybridized carbons (Fsp3) is 0.211. The van der Waals surface area contributed by atoms with Gasteiger partial charge in [-0.15, -0.1) is 0 Å². The first-order valence-corrected chi connectivity index (χ1v) is 8.94. The molecule has 27 heavy (non-hydrogen) atoms. The van der Waals surface area contributed by atoms with Crippen LogP contribution in [0.3, 0.4) is 0 Å². The highest BCUT2D eigenvalue weighted by atomic mass is 32.2. The molecule has 0 aliphatic rings. The van der Waals surface area contributed by atoms with E-state index in [1.807, 2.05) is 0 Å². The fourth-order valence-corrected chi connectivity index (χ4v) is 3.13. The molecule has 0 bridgehead atoms. The molecule has 5 nitrogen and oxygen atoms in total. The number of hydrogen-bond donors (Lipinski definition) is 2. The molecule has 142 valence electrons. The Morgan fingerprint density at radius 3 is 2.26 bits per heavy atom. The number of rotatable bonds is 6. The number of nitrogens with one attached hydrogen (secondary N) is 2. The summed E-state index contributed by atoms with van der Waals surface area (Å²) in [4.78, 5) is 36.5. The first-order valence-electron chi connectivity index (χ1n) is 8.12. The molecule has 0 heterocycles. The Kier molecular flexibility index (Phi) is 7.06. The molecule has 2 amide bonds. The zero-order chi connectivity index (χ0) is 20.0. The van der Waals surface area contributed by atoms with Gasteiger partial charge in [-0.05, 0) is 49.9 Å². The molecule has 0 fully saturated rings. The highest BCUT2D eigenvalue weighted by molar-refractivity contribution is 8.14. The van der Waals surface area contributed by atoms with Crippen LogP contribution in [0.5, 0.6) is 0 Å². The topological polar surface area (TPSA) is 75.3 Å². The smallest absolute Gasteiger partial charge is 0.252 e. The van der Waals surface area contributed by atoms with Crippen LogP contribution in [0.4, 0.5) is 8.78 Å². The molecule has 2 aromatic rings. The number of benzene rings is 2. The van der Waals surface area contributed by atoms with Gasteiger partial charge in [-0.2, -0.15) is 0 Å². The SMILES string of the molecule is CC(C)NC(=O)CNC(=O)c1ccccc1SC(=O)c1c(F)cccc1F. The van der Waals surface area contributed by atoms with Crippen LogP contribution in [0, 0.1) is 11.6 Å². The standard InChI is InChI=1S/C19H18F2N2O3S/c1-11(2)23-16(24)10-22-18(25)12-6-3-4-9-15(12)27-19(26)17-13(20)7-5-8-14(17)21/h3-9,11H,10H2,1-2H3,(H,22,25)(H,23,24). The molecule has 2 rings (SSSR count). The zero-order valence-corrected chi connectivity index (χ0v) is 15.5. The van der Waals surface area contributed by atoms with E-state index in [0.717, 1.165) is 18.2 Å². The first kappa shape index (κ1) is 20.6. The van der Waals surface area contributed by atoms with E-state index in [-0.39, 0.29) is 29.0 Å². The van der Waals surface area contributed by atoms with Gasteiger partial charge in [0.15, 0.2) is 0 Å². The van der Waals surface area contributed by atoms with E-state index < -0.39 is 28.2 Å². The predicted octanol–water partition coefficient (Wildman–Crippen LogP) is 3.15. The van der Waals surface area contributed by atoms with Crippen LogP contribution in [0.25, 0.3) is 0 Å². The third kappa shape index (κ3) is 5.62. The van der Waals surface area contributed by atoms with E-state index in [2.05, 4.69) is 10.6 Å². The lowest BCUT2D eigenvalue weighted by atomic mass is 10.2. The second-order valence-corrected chi connectivity index (χ2v) is 6.90. The minimum atomic E-state index is -0.972. The maximum absolute atomic E-state index is 13.8. The number of halogens is 2. The highest BCUT2D eigenvalue weighted by Crippen LogP contribution is 2.28. The third-order valence-electron chi connectivity index (χ3n) is 3.36. The summed E-state index contributed by atoms with van der Waals surface area (Å²) in [5.74, 6) is -2.87. The van der Waals surface area contributed by atoms with Gasteiger partial charge in [0, 0.05) is 10.9 Å². The molecule has 2 aromatic carbocycles. The molecule has 0 radical (unpaired) electrons. The Hall–Kier alpha value is -2.74. The van der Waals surface area contributed by atoms with E-state index in [9.17, 15) is 23.2 Å². The van der Waals surface area contributed by atoms with Crippen LogP contribution < -0.4 is 10.6 Å². The molecule has 0 atom stereocenters. The maximum Gasteiger partial charge on any atom is 0.252 e. The van der Waals surface area contributed by atoms with Crippen molar-refractivity contribution in [1.29, 1.82) is 0 Å². The van der Waals surface area contributed by atoms with E-state index in [0.29, 0.717) is 11.8 Å². The molecule has 8 heteroatoms. The Labute approximate surface area is 159 Å². The Balaban J connectivity index is 2.14. The van der Waals surface area contributed by atoms with Gasteiger partial charge in [-0.25, -0.2) is 8.78 Å². The summed E-state index contributed by atoms with van der Waals surface area (Å²) in [5, 5.41) is 4.23. The van der Waals surface area contributed by atoms with Crippen LogP contribution >= 0.6 is 11.8 Å². The Bertz CT molecular complexity index is 852. The summed E-state index contributed by atoms with van der Waals surface area (Å²) in [7, 11) is 0. The van der Waals surface area contributed by atoms with Gasteiger partial charge in [-0.1, -0.05) is 18.2 Å². The van der Waals surface area contributed by atoms with Crippen molar-refractivity contribution >= 4 is 28.7 Å². The van der Waals surface area contributed by atoms with Gasteiger partial charge >= 0.3 is 0 Å². The van der Waals surface area contributed by atoms with Crippen LogP contribution in [-0.2, 0) is 4.79 Å². The summed E-state index contributed by atoms with van der Waals surface area (Å²) < 4.78 is 27.6. The molecule has 0 spiro atoms. The quantitative estimate of drug-likeness (QED) is 0.741.